The predicted molar refractivity (Wildman–Crippen MR) is 289 cm³/mol. The minimum absolute atomic E-state index is 0.579. The van der Waals surface area contributed by atoms with Crippen LogP contribution in [0.2, 0.25) is 0 Å². The Morgan fingerprint density at radius 2 is 0.739 bits per heavy atom. The maximum absolute atomic E-state index is 2.54. The normalized spacial score (nSPS) is 12.5. The molecular weight excluding hydrogens is 833 g/mol. The molecule has 0 bridgehead atoms. The standard InChI is InChI=1S/C67H46N2/c1-6-20-47(21-7-1)49-34-40-55(41-35-49)68(56-42-36-50(37-43-56)48-22-8-2-9-23-48)57-44-38-51(39-45-57)60-46-62-65(66-64(60)59-31-17-19-33-63(59)69(66)54-28-14-5-15-29-54)58-30-16-18-32-61(58)67(62,52-24-10-3-11-25-52)53-26-12-4-13-27-53/h1-46H. The van der Waals surface area contributed by atoms with Crippen molar-refractivity contribution in [2.24, 2.45) is 0 Å². The molecule has 2 heteroatoms. The second kappa shape index (κ2) is 16.7. The van der Waals surface area contributed by atoms with Gasteiger partial charge in [-0.3, -0.25) is 0 Å². The Balaban J connectivity index is 1.06. The third-order valence-corrected chi connectivity index (χ3v) is 14.3. The van der Waals surface area contributed by atoms with Gasteiger partial charge in [-0.25, -0.2) is 0 Å². The van der Waals surface area contributed by atoms with E-state index in [0.717, 1.165) is 28.3 Å². The van der Waals surface area contributed by atoms with Gasteiger partial charge in [-0.1, -0.05) is 218 Å². The lowest BCUT2D eigenvalue weighted by Crippen LogP contribution is -2.28. The van der Waals surface area contributed by atoms with Crippen LogP contribution in [0.1, 0.15) is 22.3 Å². The Morgan fingerprint density at radius 3 is 1.28 bits per heavy atom. The molecule has 0 N–H and O–H groups in total. The van der Waals surface area contributed by atoms with E-state index in [4.69, 9.17) is 0 Å². The number of rotatable bonds is 9. The zero-order chi connectivity index (χ0) is 45.7. The third-order valence-electron chi connectivity index (χ3n) is 14.3. The molecule has 324 valence electrons. The number of nitrogens with zero attached hydrogens (tertiary/aromatic N) is 2. The molecule has 1 aliphatic carbocycles. The predicted octanol–water partition coefficient (Wildman–Crippen LogP) is 17.6. The van der Waals surface area contributed by atoms with E-state index in [2.05, 4.69) is 289 Å². The molecule has 0 saturated carbocycles. The zero-order valence-electron chi connectivity index (χ0n) is 38.0. The molecule has 0 fully saturated rings. The number of aromatic nitrogens is 1. The van der Waals surface area contributed by atoms with Crippen molar-refractivity contribution >= 4 is 38.9 Å². The number of hydrogen-bond acceptors (Lipinski definition) is 1. The van der Waals surface area contributed by atoms with Gasteiger partial charge in [0.2, 0.25) is 0 Å². The van der Waals surface area contributed by atoms with Gasteiger partial charge in [-0.2, -0.15) is 0 Å². The van der Waals surface area contributed by atoms with Crippen molar-refractivity contribution < 1.29 is 0 Å². The summed E-state index contributed by atoms with van der Waals surface area (Å²) in [5.74, 6) is 0. The Morgan fingerprint density at radius 1 is 0.319 bits per heavy atom. The highest BCUT2D eigenvalue weighted by molar-refractivity contribution is 6.21. The van der Waals surface area contributed by atoms with Gasteiger partial charge < -0.3 is 9.47 Å². The van der Waals surface area contributed by atoms with Crippen LogP contribution in [0.4, 0.5) is 17.1 Å². The lowest BCUT2D eigenvalue weighted by molar-refractivity contribution is 0.769. The summed E-state index contributed by atoms with van der Waals surface area (Å²) in [4.78, 5) is 2.37. The van der Waals surface area contributed by atoms with E-state index in [9.17, 15) is 0 Å². The maximum atomic E-state index is 2.54. The van der Waals surface area contributed by atoms with E-state index in [0.29, 0.717) is 0 Å². The topological polar surface area (TPSA) is 8.17 Å². The fraction of sp³-hybridized carbons (Fsp3) is 0.0149. The summed E-state index contributed by atoms with van der Waals surface area (Å²) in [5, 5.41) is 2.48. The highest BCUT2D eigenvalue weighted by Gasteiger charge is 2.47. The minimum Gasteiger partial charge on any atom is -0.311 e. The zero-order valence-corrected chi connectivity index (χ0v) is 38.0. The average molecular weight is 879 g/mol. The summed E-state index contributed by atoms with van der Waals surface area (Å²) in [5.41, 5.74) is 21.0. The summed E-state index contributed by atoms with van der Waals surface area (Å²) >= 11 is 0. The van der Waals surface area contributed by atoms with Crippen LogP contribution in [-0.2, 0) is 5.41 Å². The van der Waals surface area contributed by atoms with Crippen LogP contribution in [0.15, 0.2) is 279 Å². The molecule has 2 nitrogen and oxygen atoms in total. The number of benzene rings is 11. The van der Waals surface area contributed by atoms with Crippen molar-refractivity contribution in [2.45, 2.75) is 5.41 Å². The fourth-order valence-corrected chi connectivity index (χ4v) is 11.2. The van der Waals surface area contributed by atoms with Gasteiger partial charge in [0, 0.05) is 39.1 Å². The Kier molecular flexibility index (Phi) is 9.77. The van der Waals surface area contributed by atoms with Gasteiger partial charge >= 0.3 is 0 Å². The van der Waals surface area contributed by atoms with Gasteiger partial charge in [0.25, 0.3) is 0 Å². The van der Waals surface area contributed by atoms with Crippen molar-refractivity contribution in [2.75, 3.05) is 4.90 Å². The smallest absolute Gasteiger partial charge is 0.0714 e. The molecular formula is C67H46N2. The SMILES string of the molecule is c1ccc(-c2ccc(N(c3ccc(-c4ccccc4)cc3)c3ccc(-c4cc5c(c6c4c4ccccc4n6-c4ccccc4)-c4ccccc4C5(c4ccccc4)c4ccccc4)cc3)cc2)cc1. The molecule has 0 spiro atoms. The van der Waals surface area contributed by atoms with Crippen molar-refractivity contribution in [3.8, 4) is 50.2 Å². The molecule has 1 heterocycles. The van der Waals surface area contributed by atoms with Crippen molar-refractivity contribution in [3.63, 3.8) is 0 Å². The first kappa shape index (κ1) is 40.3. The van der Waals surface area contributed by atoms with Crippen molar-refractivity contribution in [3.05, 3.63) is 301 Å². The average Bonchev–Trinajstić information content (AvgIpc) is 3.94. The van der Waals surface area contributed by atoms with Crippen LogP contribution in [0.3, 0.4) is 0 Å². The van der Waals surface area contributed by atoms with Crippen molar-refractivity contribution in [1.82, 2.24) is 4.57 Å². The molecule has 0 radical (unpaired) electrons. The van der Waals surface area contributed by atoms with E-state index >= 15 is 0 Å². The van der Waals surface area contributed by atoms with E-state index in [1.807, 2.05) is 0 Å². The molecule has 13 rings (SSSR count). The highest BCUT2D eigenvalue weighted by Crippen LogP contribution is 2.60. The lowest BCUT2D eigenvalue weighted by atomic mass is 9.67. The first-order valence-electron chi connectivity index (χ1n) is 23.8. The first-order chi connectivity index (χ1) is 34.3. The molecule has 12 aromatic rings. The van der Waals surface area contributed by atoms with Crippen LogP contribution in [0.5, 0.6) is 0 Å². The van der Waals surface area contributed by atoms with Crippen molar-refractivity contribution in [1.29, 1.82) is 0 Å². The quantitative estimate of drug-likeness (QED) is 0.140. The van der Waals surface area contributed by atoms with Gasteiger partial charge in [0.05, 0.1) is 16.4 Å². The Hall–Kier alpha value is -8.98. The lowest BCUT2D eigenvalue weighted by Gasteiger charge is -2.34. The monoisotopic (exact) mass is 878 g/mol. The Bertz CT molecular complexity index is 3640. The fourth-order valence-electron chi connectivity index (χ4n) is 11.2. The molecule has 69 heavy (non-hydrogen) atoms. The summed E-state index contributed by atoms with van der Waals surface area (Å²) in [6.45, 7) is 0. The molecule has 1 aromatic heterocycles. The highest BCUT2D eigenvalue weighted by atomic mass is 15.1. The molecule has 0 saturated heterocycles. The maximum Gasteiger partial charge on any atom is 0.0714 e. The second-order valence-corrected chi connectivity index (χ2v) is 18.0. The summed E-state index contributed by atoms with van der Waals surface area (Å²) in [6, 6.07) is 102. The molecule has 11 aromatic carbocycles. The molecule has 0 amide bonds. The van der Waals surface area contributed by atoms with Crippen LogP contribution in [0.25, 0.3) is 72.0 Å². The number of anilines is 3. The molecule has 0 aliphatic heterocycles. The summed E-state index contributed by atoms with van der Waals surface area (Å²) < 4.78 is 2.52. The summed E-state index contributed by atoms with van der Waals surface area (Å²) in [6.07, 6.45) is 0. The van der Waals surface area contributed by atoms with Crippen LogP contribution >= 0.6 is 0 Å². The van der Waals surface area contributed by atoms with E-state index in [1.54, 1.807) is 0 Å². The Labute approximate surface area is 403 Å². The first-order valence-corrected chi connectivity index (χ1v) is 23.8. The van der Waals surface area contributed by atoms with E-state index in [-0.39, 0.29) is 0 Å². The summed E-state index contributed by atoms with van der Waals surface area (Å²) in [7, 11) is 0. The van der Waals surface area contributed by atoms with Gasteiger partial charge in [0.1, 0.15) is 0 Å². The minimum atomic E-state index is -0.579. The van der Waals surface area contributed by atoms with Gasteiger partial charge in [-0.05, 0) is 122 Å². The van der Waals surface area contributed by atoms with Crippen LogP contribution < -0.4 is 4.90 Å². The largest absolute Gasteiger partial charge is 0.311 e. The van der Waals surface area contributed by atoms with Crippen LogP contribution in [0, 0.1) is 0 Å². The molecule has 0 atom stereocenters. The number of hydrogen-bond donors (Lipinski definition) is 0. The van der Waals surface area contributed by atoms with Gasteiger partial charge in [0.15, 0.2) is 0 Å². The molecule has 0 unspecified atom stereocenters. The third kappa shape index (κ3) is 6.56. The van der Waals surface area contributed by atoms with Crippen LogP contribution in [-0.4, -0.2) is 4.57 Å². The number of fused-ring (bicyclic) bond motifs is 7. The second-order valence-electron chi connectivity index (χ2n) is 18.0. The number of para-hydroxylation sites is 2. The van der Waals surface area contributed by atoms with E-state index < -0.39 is 5.41 Å². The van der Waals surface area contributed by atoms with E-state index in [1.165, 1.54) is 83.0 Å². The molecule has 1 aliphatic rings. The van der Waals surface area contributed by atoms with Gasteiger partial charge in [-0.15, -0.1) is 0 Å².